The van der Waals surface area contributed by atoms with Gasteiger partial charge in [-0.15, -0.1) is 0 Å². The zero-order valence-electron chi connectivity index (χ0n) is 13.1. The standard InChI is InChI=1S/C16H18N2O6/c1-2-17-16(21)18-14(19)13(11-6-4-3-5-7-11)24-15(20)12-10-22-8-9-23-12/h3-7,10,13H,2,8-9H2,1H3,(H2,17,18,19,21)/t13-/m1/s1. The minimum absolute atomic E-state index is 0.131. The lowest BCUT2D eigenvalue weighted by atomic mass is 10.1. The van der Waals surface area contributed by atoms with E-state index in [1.165, 1.54) is 0 Å². The molecule has 0 bridgehead atoms. The van der Waals surface area contributed by atoms with Crippen LogP contribution in [0.15, 0.2) is 42.4 Å². The van der Waals surface area contributed by atoms with Crippen LogP contribution in [0.1, 0.15) is 18.6 Å². The first-order valence-electron chi connectivity index (χ1n) is 7.41. The molecule has 24 heavy (non-hydrogen) atoms. The van der Waals surface area contributed by atoms with Gasteiger partial charge >= 0.3 is 12.0 Å². The molecular formula is C16H18N2O6. The summed E-state index contributed by atoms with van der Waals surface area (Å²) in [6.07, 6.45) is -0.164. The number of hydrogen-bond acceptors (Lipinski definition) is 6. The molecule has 1 heterocycles. The van der Waals surface area contributed by atoms with Crippen molar-refractivity contribution in [3.8, 4) is 0 Å². The van der Waals surface area contributed by atoms with Crippen molar-refractivity contribution in [2.24, 2.45) is 0 Å². The van der Waals surface area contributed by atoms with Crippen LogP contribution in [0.3, 0.4) is 0 Å². The molecule has 0 fully saturated rings. The topological polar surface area (TPSA) is 103 Å². The van der Waals surface area contributed by atoms with Crippen molar-refractivity contribution >= 4 is 17.9 Å². The number of benzene rings is 1. The van der Waals surface area contributed by atoms with E-state index in [2.05, 4.69) is 10.6 Å². The molecule has 1 aliphatic rings. The Morgan fingerprint density at radius 2 is 1.96 bits per heavy atom. The van der Waals surface area contributed by atoms with Gasteiger partial charge in [0.2, 0.25) is 11.9 Å². The molecule has 8 nitrogen and oxygen atoms in total. The van der Waals surface area contributed by atoms with Gasteiger partial charge in [0.1, 0.15) is 19.5 Å². The minimum Gasteiger partial charge on any atom is -0.493 e. The Bertz CT molecular complexity index is 629. The van der Waals surface area contributed by atoms with E-state index in [9.17, 15) is 14.4 Å². The fraction of sp³-hybridized carbons (Fsp3) is 0.312. The summed E-state index contributed by atoms with van der Waals surface area (Å²) < 4.78 is 15.3. The van der Waals surface area contributed by atoms with E-state index in [1.54, 1.807) is 37.3 Å². The van der Waals surface area contributed by atoms with E-state index in [1.807, 2.05) is 0 Å². The molecular weight excluding hydrogens is 316 g/mol. The third-order valence-corrected chi connectivity index (χ3v) is 2.99. The normalized spacial score (nSPS) is 14.3. The molecule has 0 saturated carbocycles. The van der Waals surface area contributed by atoms with Crippen molar-refractivity contribution < 1.29 is 28.6 Å². The third-order valence-electron chi connectivity index (χ3n) is 2.99. The summed E-state index contributed by atoms with van der Waals surface area (Å²) in [5, 5.41) is 4.56. The molecule has 0 spiro atoms. The monoisotopic (exact) mass is 334 g/mol. The van der Waals surface area contributed by atoms with Gasteiger partial charge in [-0.1, -0.05) is 30.3 Å². The van der Waals surface area contributed by atoms with Crippen LogP contribution < -0.4 is 10.6 Å². The number of hydrogen-bond donors (Lipinski definition) is 2. The molecule has 0 unspecified atom stereocenters. The lowest BCUT2D eigenvalue weighted by Gasteiger charge is -2.20. The van der Waals surface area contributed by atoms with Crippen LogP contribution in [0.5, 0.6) is 0 Å². The lowest BCUT2D eigenvalue weighted by Crippen LogP contribution is -2.42. The summed E-state index contributed by atoms with van der Waals surface area (Å²) in [7, 11) is 0. The van der Waals surface area contributed by atoms with E-state index in [0.29, 0.717) is 18.7 Å². The molecule has 0 aliphatic carbocycles. The highest BCUT2D eigenvalue weighted by Gasteiger charge is 2.29. The van der Waals surface area contributed by atoms with E-state index >= 15 is 0 Å². The van der Waals surface area contributed by atoms with E-state index < -0.39 is 24.0 Å². The zero-order valence-corrected chi connectivity index (χ0v) is 13.1. The van der Waals surface area contributed by atoms with Crippen molar-refractivity contribution in [2.75, 3.05) is 19.8 Å². The fourth-order valence-corrected chi connectivity index (χ4v) is 1.92. The summed E-state index contributed by atoms with van der Waals surface area (Å²) in [6.45, 7) is 2.61. The van der Waals surface area contributed by atoms with Gasteiger partial charge in [-0.2, -0.15) is 0 Å². The van der Waals surface area contributed by atoms with Crippen molar-refractivity contribution in [1.82, 2.24) is 10.6 Å². The molecule has 128 valence electrons. The predicted octanol–water partition coefficient (Wildman–Crippen LogP) is 1.00. The van der Waals surface area contributed by atoms with Crippen LogP contribution in [0, 0.1) is 0 Å². The Kier molecular flexibility index (Phi) is 6.18. The van der Waals surface area contributed by atoms with Crippen molar-refractivity contribution in [3.05, 3.63) is 47.9 Å². The predicted molar refractivity (Wildman–Crippen MR) is 82.5 cm³/mol. The van der Waals surface area contributed by atoms with Gasteiger partial charge < -0.3 is 19.5 Å². The maximum absolute atomic E-state index is 12.3. The maximum atomic E-state index is 12.3. The first kappa shape index (κ1) is 17.3. The van der Waals surface area contributed by atoms with E-state index in [-0.39, 0.29) is 12.4 Å². The second-order valence-corrected chi connectivity index (χ2v) is 4.75. The number of carbonyl (C=O) groups is 3. The molecule has 0 radical (unpaired) electrons. The highest BCUT2D eigenvalue weighted by Crippen LogP contribution is 2.20. The second kappa shape index (κ2) is 8.56. The minimum atomic E-state index is -1.30. The molecule has 0 aromatic heterocycles. The Balaban J connectivity index is 2.14. The van der Waals surface area contributed by atoms with Crippen LogP contribution in [-0.2, 0) is 23.8 Å². The van der Waals surface area contributed by atoms with Crippen LogP contribution in [0.2, 0.25) is 0 Å². The van der Waals surface area contributed by atoms with Crippen LogP contribution in [-0.4, -0.2) is 37.7 Å². The number of esters is 1. The summed E-state index contributed by atoms with van der Waals surface area (Å²) in [5.74, 6) is -1.75. The molecule has 2 rings (SSSR count). The molecule has 0 saturated heterocycles. The van der Waals surface area contributed by atoms with Gasteiger partial charge in [0.25, 0.3) is 5.91 Å². The average Bonchev–Trinajstić information content (AvgIpc) is 2.61. The molecule has 1 atom stereocenters. The van der Waals surface area contributed by atoms with E-state index in [0.717, 1.165) is 6.26 Å². The van der Waals surface area contributed by atoms with Gasteiger partial charge in [-0.3, -0.25) is 10.1 Å². The number of nitrogens with one attached hydrogen (secondary N) is 2. The number of carbonyl (C=O) groups excluding carboxylic acids is 3. The van der Waals surface area contributed by atoms with E-state index in [4.69, 9.17) is 14.2 Å². The van der Waals surface area contributed by atoms with Gasteiger partial charge in [0, 0.05) is 12.1 Å². The Labute approximate surface area is 138 Å². The Morgan fingerprint density at radius 1 is 1.21 bits per heavy atom. The van der Waals surface area contributed by atoms with Crippen LogP contribution in [0.25, 0.3) is 0 Å². The van der Waals surface area contributed by atoms with Gasteiger partial charge in [0.15, 0.2) is 0 Å². The molecule has 1 aromatic carbocycles. The number of urea groups is 1. The summed E-state index contributed by atoms with van der Waals surface area (Å²) in [4.78, 5) is 36.0. The lowest BCUT2D eigenvalue weighted by molar-refractivity contribution is -0.156. The van der Waals surface area contributed by atoms with Gasteiger partial charge in [-0.25, -0.2) is 9.59 Å². The molecule has 1 aromatic rings. The molecule has 2 N–H and O–H groups in total. The van der Waals surface area contributed by atoms with Crippen LogP contribution >= 0.6 is 0 Å². The zero-order chi connectivity index (χ0) is 17.4. The number of rotatable bonds is 5. The molecule has 8 heteroatoms. The molecule has 1 aliphatic heterocycles. The SMILES string of the molecule is CCNC(=O)NC(=O)[C@H](OC(=O)C1=COCCO1)c1ccccc1. The largest absolute Gasteiger partial charge is 0.493 e. The summed E-state index contributed by atoms with van der Waals surface area (Å²) >= 11 is 0. The average molecular weight is 334 g/mol. The van der Waals surface area contributed by atoms with Crippen molar-refractivity contribution in [1.29, 1.82) is 0 Å². The highest BCUT2D eigenvalue weighted by atomic mass is 16.6. The maximum Gasteiger partial charge on any atom is 0.378 e. The van der Waals surface area contributed by atoms with Gasteiger partial charge in [0.05, 0.1) is 0 Å². The molecule has 3 amide bonds. The number of ether oxygens (including phenoxy) is 3. The fourth-order valence-electron chi connectivity index (χ4n) is 1.92. The number of amides is 3. The summed E-state index contributed by atoms with van der Waals surface area (Å²) in [6, 6.07) is 7.69. The Hall–Kier alpha value is -3.03. The first-order valence-corrected chi connectivity index (χ1v) is 7.41. The third kappa shape index (κ3) is 4.73. The smallest absolute Gasteiger partial charge is 0.378 e. The van der Waals surface area contributed by atoms with Gasteiger partial charge in [-0.05, 0) is 6.92 Å². The quantitative estimate of drug-likeness (QED) is 0.779. The summed E-state index contributed by atoms with van der Waals surface area (Å²) in [5.41, 5.74) is 0.421. The second-order valence-electron chi connectivity index (χ2n) is 4.75. The first-order chi connectivity index (χ1) is 11.6. The van der Waals surface area contributed by atoms with Crippen molar-refractivity contribution in [2.45, 2.75) is 13.0 Å². The van der Waals surface area contributed by atoms with Crippen LogP contribution in [0.4, 0.5) is 4.79 Å². The Morgan fingerprint density at radius 3 is 2.58 bits per heavy atom. The highest BCUT2D eigenvalue weighted by molar-refractivity contribution is 5.98. The van der Waals surface area contributed by atoms with Crippen molar-refractivity contribution in [3.63, 3.8) is 0 Å². The number of imide groups is 1.